The lowest BCUT2D eigenvalue weighted by Crippen LogP contribution is -2.63. The maximum absolute atomic E-state index is 13.8. The SMILES string of the molecule is COC(=O)C1=Cc2ccc(Br)cc2OC1(O)C(F)(F)C(F)(F)F. The molecule has 0 amide bonds. The normalized spacial score (nSPS) is 21.1. The monoisotopic (exact) mass is 402 g/mol. The topological polar surface area (TPSA) is 55.8 Å². The molecule has 0 fully saturated rings. The summed E-state index contributed by atoms with van der Waals surface area (Å²) in [5, 5.41) is 9.96. The Morgan fingerprint density at radius 3 is 2.43 bits per heavy atom. The number of alkyl halides is 5. The summed E-state index contributed by atoms with van der Waals surface area (Å²) in [6.07, 6.45) is -5.50. The lowest BCUT2D eigenvalue weighted by molar-refractivity contribution is -0.372. The fourth-order valence-corrected chi connectivity index (χ4v) is 2.26. The number of rotatable bonds is 2. The second-order valence-electron chi connectivity index (χ2n) is 4.55. The number of aliphatic hydroxyl groups is 1. The lowest BCUT2D eigenvalue weighted by atomic mass is 9.93. The quantitative estimate of drug-likeness (QED) is 0.609. The van der Waals surface area contributed by atoms with Crippen LogP contribution in [0.2, 0.25) is 0 Å². The molecule has 0 saturated carbocycles. The van der Waals surface area contributed by atoms with Gasteiger partial charge in [-0.3, -0.25) is 0 Å². The molecular weight excluding hydrogens is 395 g/mol. The number of halogens is 6. The van der Waals surface area contributed by atoms with Gasteiger partial charge in [0, 0.05) is 10.0 Å². The number of hydrogen-bond acceptors (Lipinski definition) is 4. The zero-order valence-electron chi connectivity index (χ0n) is 11.2. The highest BCUT2D eigenvalue weighted by molar-refractivity contribution is 9.10. The van der Waals surface area contributed by atoms with Gasteiger partial charge in [-0.25, -0.2) is 4.79 Å². The van der Waals surface area contributed by atoms with E-state index in [9.17, 15) is 31.9 Å². The molecule has 0 aliphatic carbocycles. The molecule has 0 bridgehead atoms. The minimum Gasteiger partial charge on any atom is -0.465 e. The van der Waals surface area contributed by atoms with E-state index in [-0.39, 0.29) is 5.56 Å². The number of hydrogen-bond donors (Lipinski definition) is 1. The molecule has 4 nitrogen and oxygen atoms in total. The van der Waals surface area contributed by atoms with Crippen LogP contribution in [0.25, 0.3) is 6.08 Å². The van der Waals surface area contributed by atoms with Gasteiger partial charge in [0.15, 0.2) is 0 Å². The van der Waals surface area contributed by atoms with E-state index in [4.69, 9.17) is 0 Å². The van der Waals surface area contributed by atoms with E-state index >= 15 is 0 Å². The fourth-order valence-electron chi connectivity index (χ4n) is 1.92. The van der Waals surface area contributed by atoms with Crippen LogP contribution in [-0.4, -0.2) is 36.1 Å². The first-order chi connectivity index (χ1) is 10.4. The molecular formula is C13H8BrF5O4. The van der Waals surface area contributed by atoms with Crippen molar-refractivity contribution >= 4 is 28.0 Å². The number of ether oxygens (including phenoxy) is 2. The molecule has 1 aliphatic rings. The van der Waals surface area contributed by atoms with Crippen LogP contribution in [0.5, 0.6) is 5.75 Å². The van der Waals surface area contributed by atoms with Crippen LogP contribution in [0.15, 0.2) is 28.2 Å². The molecule has 10 heteroatoms. The number of benzene rings is 1. The van der Waals surface area contributed by atoms with E-state index in [0.29, 0.717) is 10.5 Å². The van der Waals surface area contributed by atoms with E-state index in [1.165, 1.54) is 12.1 Å². The molecule has 1 N–H and O–H groups in total. The molecule has 23 heavy (non-hydrogen) atoms. The van der Waals surface area contributed by atoms with Gasteiger partial charge in [-0.1, -0.05) is 22.0 Å². The van der Waals surface area contributed by atoms with Crippen molar-refractivity contribution in [2.75, 3.05) is 7.11 Å². The molecule has 2 rings (SSSR count). The molecule has 1 aliphatic heterocycles. The summed E-state index contributed by atoms with van der Waals surface area (Å²) in [6, 6.07) is 3.82. The molecule has 1 aromatic carbocycles. The summed E-state index contributed by atoms with van der Waals surface area (Å²) in [5.74, 6) is -12.1. The van der Waals surface area contributed by atoms with Crippen molar-refractivity contribution in [3.05, 3.63) is 33.8 Å². The zero-order valence-corrected chi connectivity index (χ0v) is 12.8. The predicted octanol–water partition coefficient (Wildman–Crippen LogP) is 3.28. The Kier molecular flexibility index (Phi) is 4.18. The summed E-state index contributed by atoms with van der Waals surface area (Å²) in [4.78, 5) is 11.6. The maximum Gasteiger partial charge on any atom is 0.460 e. The fraction of sp³-hybridized carbons (Fsp3) is 0.308. The van der Waals surface area contributed by atoms with Crippen LogP contribution in [0.4, 0.5) is 22.0 Å². The second-order valence-corrected chi connectivity index (χ2v) is 5.47. The Morgan fingerprint density at radius 2 is 1.91 bits per heavy atom. The molecule has 1 unspecified atom stereocenters. The largest absolute Gasteiger partial charge is 0.465 e. The van der Waals surface area contributed by atoms with Gasteiger partial charge in [0.1, 0.15) is 11.3 Å². The van der Waals surface area contributed by atoms with Gasteiger partial charge in [0.25, 0.3) is 0 Å². The summed E-state index contributed by atoms with van der Waals surface area (Å²) >= 11 is 2.99. The average molecular weight is 403 g/mol. The third-order valence-electron chi connectivity index (χ3n) is 3.09. The van der Waals surface area contributed by atoms with E-state index in [1.54, 1.807) is 0 Å². The third-order valence-corrected chi connectivity index (χ3v) is 3.58. The number of carbonyl (C=O) groups is 1. The molecule has 1 atom stereocenters. The summed E-state index contributed by atoms with van der Waals surface area (Å²) < 4.78 is 74.6. The first-order valence-electron chi connectivity index (χ1n) is 5.90. The van der Waals surface area contributed by atoms with Gasteiger partial charge in [0.05, 0.1) is 7.11 Å². The van der Waals surface area contributed by atoms with E-state index in [1.807, 2.05) is 0 Å². The van der Waals surface area contributed by atoms with Gasteiger partial charge in [-0.05, 0) is 18.2 Å². The highest BCUT2D eigenvalue weighted by Crippen LogP contribution is 2.50. The van der Waals surface area contributed by atoms with Crippen molar-refractivity contribution in [2.45, 2.75) is 17.9 Å². The second kappa shape index (κ2) is 5.45. The Labute approximate surface area is 134 Å². The van der Waals surface area contributed by atoms with Gasteiger partial charge >= 0.3 is 23.9 Å². The lowest BCUT2D eigenvalue weighted by Gasteiger charge is -2.39. The van der Waals surface area contributed by atoms with E-state index in [0.717, 1.165) is 13.2 Å². The number of esters is 1. The van der Waals surface area contributed by atoms with Gasteiger partial charge in [-0.2, -0.15) is 22.0 Å². The van der Waals surface area contributed by atoms with Gasteiger partial charge in [0.2, 0.25) is 0 Å². The van der Waals surface area contributed by atoms with E-state index in [2.05, 4.69) is 25.4 Å². The van der Waals surface area contributed by atoms with Crippen LogP contribution in [0.1, 0.15) is 5.56 Å². The van der Waals surface area contributed by atoms with Crippen molar-refractivity contribution in [3.63, 3.8) is 0 Å². The molecule has 0 aromatic heterocycles. The molecule has 0 radical (unpaired) electrons. The minimum atomic E-state index is -6.17. The first-order valence-corrected chi connectivity index (χ1v) is 6.69. The Hall–Kier alpha value is -1.68. The third kappa shape index (κ3) is 2.69. The number of carbonyl (C=O) groups excluding carboxylic acids is 1. The van der Waals surface area contributed by atoms with Crippen LogP contribution in [0.3, 0.4) is 0 Å². The number of fused-ring (bicyclic) bond motifs is 1. The Morgan fingerprint density at radius 1 is 1.30 bits per heavy atom. The standard InChI is InChI=1S/C13H8BrF5O4/c1-22-10(20)8-4-6-2-3-7(14)5-9(6)23-11(8,21)12(15,16)13(17,18)19/h2-5,21H,1H3. The molecule has 0 spiro atoms. The molecule has 1 aromatic rings. The highest BCUT2D eigenvalue weighted by atomic mass is 79.9. The zero-order chi connectivity index (χ0) is 17.6. The number of methoxy groups -OCH3 is 1. The van der Waals surface area contributed by atoms with Gasteiger partial charge in [-0.15, -0.1) is 0 Å². The molecule has 1 heterocycles. The smallest absolute Gasteiger partial charge is 0.460 e. The predicted molar refractivity (Wildman–Crippen MR) is 70.7 cm³/mol. The van der Waals surface area contributed by atoms with Gasteiger partial charge < -0.3 is 14.6 Å². The Balaban J connectivity index is 2.70. The highest BCUT2D eigenvalue weighted by Gasteiger charge is 2.75. The van der Waals surface area contributed by atoms with E-state index < -0.39 is 35.2 Å². The van der Waals surface area contributed by atoms with Crippen molar-refractivity contribution < 1.29 is 41.3 Å². The first kappa shape index (κ1) is 17.7. The van der Waals surface area contributed by atoms with Crippen molar-refractivity contribution in [1.29, 1.82) is 0 Å². The van der Waals surface area contributed by atoms with Crippen molar-refractivity contribution in [3.8, 4) is 5.75 Å². The Bertz CT molecular complexity index is 685. The van der Waals surface area contributed by atoms with Crippen LogP contribution >= 0.6 is 15.9 Å². The summed E-state index contributed by atoms with van der Waals surface area (Å²) in [5.41, 5.74) is -1.34. The molecule has 0 saturated heterocycles. The van der Waals surface area contributed by atoms with Crippen LogP contribution in [0, 0.1) is 0 Å². The van der Waals surface area contributed by atoms with Crippen molar-refractivity contribution in [2.24, 2.45) is 0 Å². The average Bonchev–Trinajstić information content (AvgIpc) is 2.44. The summed E-state index contributed by atoms with van der Waals surface area (Å²) in [7, 11) is 0.770. The minimum absolute atomic E-state index is 0.0243. The summed E-state index contributed by atoms with van der Waals surface area (Å²) in [6.45, 7) is 0. The van der Waals surface area contributed by atoms with Crippen molar-refractivity contribution in [1.82, 2.24) is 0 Å². The van der Waals surface area contributed by atoms with Crippen LogP contribution < -0.4 is 4.74 Å². The molecule has 126 valence electrons. The van der Waals surface area contributed by atoms with Crippen LogP contribution in [-0.2, 0) is 9.53 Å². The maximum atomic E-state index is 13.8.